The largest absolute Gasteiger partial charge is 3.00 e. The predicted molar refractivity (Wildman–Crippen MR) is 348 cm³/mol. The van der Waals surface area contributed by atoms with Gasteiger partial charge < -0.3 is 34.4 Å². The summed E-state index contributed by atoms with van der Waals surface area (Å²) in [5, 5.41) is 32.2. The quantitative estimate of drug-likeness (QED) is 0.0241. The number of carboxylic acid groups (broad SMARTS) is 3. The maximum absolute atomic E-state index is 12.1. The monoisotopic (exact) mass is 1220 g/mol. The molecule has 0 radical (unpaired) electrons. The van der Waals surface area contributed by atoms with Crippen LogP contribution < -0.4 is 15.3 Å². The molecular formula is C72H133AlO12. The summed E-state index contributed by atoms with van der Waals surface area (Å²) in [7, 11) is 0. The standard InChI is InChI=1S/3C22H42O3.C6H10O3.Al/c3*1-3-5-7-9-11-13-15-17-20(21(23)19-22(24)25)18-16-14-12-10-8-6-4-2;1-3-9-6(8)4-5(2)7;/h3*20H,3-19H2,1-2H3,(H,24,25);3-4H2,1-2H3;/q;;;;+3/p-3. The topological polar surface area (TPSA) is 215 Å². The molecule has 0 fully saturated rings. The molecule has 0 unspecified atom stereocenters. The van der Waals surface area contributed by atoms with E-state index in [2.05, 4.69) is 46.3 Å². The van der Waals surface area contributed by atoms with Crippen LogP contribution in [0.3, 0.4) is 0 Å². The molecule has 0 spiro atoms. The molecule has 0 aliphatic rings. The first-order valence-electron chi connectivity index (χ1n) is 35.3. The molecule has 0 aromatic carbocycles. The Balaban J connectivity index is -0.000000348. The van der Waals surface area contributed by atoms with E-state index < -0.39 is 43.1 Å². The fourth-order valence-electron chi connectivity index (χ4n) is 10.8. The van der Waals surface area contributed by atoms with Crippen LogP contribution in [0.15, 0.2) is 0 Å². The van der Waals surface area contributed by atoms with Crippen LogP contribution in [-0.4, -0.2) is 71.0 Å². The second-order valence-electron chi connectivity index (χ2n) is 24.3. The van der Waals surface area contributed by atoms with Crippen molar-refractivity contribution in [1.82, 2.24) is 0 Å². The van der Waals surface area contributed by atoms with Gasteiger partial charge in [-0.2, -0.15) is 0 Å². The summed E-state index contributed by atoms with van der Waals surface area (Å²) in [5.41, 5.74) is 0. The number of esters is 1. The average molecular weight is 1220 g/mol. The van der Waals surface area contributed by atoms with E-state index in [1.807, 2.05) is 0 Å². The number of carbonyl (C=O) groups is 8. The van der Waals surface area contributed by atoms with E-state index in [1.165, 1.54) is 200 Å². The maximum Gasteiger partial charge on any atom is 3.00 e. The summed E-state index contributed by atoms with van der Waals surface area (Å²) in [6.45, 7) is 16.7. The van der Waals surface area contributed by atoms with Crippen molar-refractivity contribution in [3.63, 3.8) is 0 Å². The van der Waals surface area contributed by atoms with Gasteiger partial charge in [-0.25, -0.2) is 0 Å². The van der Waals surface area contributed by atoms with E-state index in [9.17, 15) is 53.7 Å². The van der Waals surface area contributed by atoms with Gasteiger partial charge in [-0.3, -0.25) is 24.0 Å². The van der Waals surface area contributed by atoms with Crippen LogP contribution in [0.2, 0.25) is 0 Å². The number of ether oxygens (including phenoxy) is 1. The summed E-state index contributed by atoms with van der Waals surface area (Å²) in [5.74, 6) is -4.82. The Labute approximate surface area is 533 Å². The number of aliphatic carboxylic acids is 3. The number of unbranched alkanes of at least 4 members (excludes halogenated alkanes) is 36. The fourth-order valence-corrected chi connectivity index (χ4v) is 10.8. The van der Waals surface area contributed by atoms with Crippen LogP contribution in [0, 0.1) is 17.8 Å². The predicted octanol–water partition coefficient (Wildman–Crippen LogP) is 16.9. The zero-order valence-corrected chi connectivity index (χ0v) is 57.8. The van der Waals surface area contributed by atoms with E-state index in [1.54, 1.807) is 6.92 Å². The number of hydrogen-bond donors (Lipinski definition) is 0. The third-order valence-corrected chi connectivity index (χ3v) is 16.0. The second-order valence-corrected chi connectivity index (χ2v) is 24.3. The second kappa shape index (κ2) is 73.6. The molecule has 85 heavy (non-hydrogen) atoms. The Kier molecular flexibility index (Phi) is 78.6. The molecule has 0 amide bonds. The molecule has 0 N–H and O–H groups in total. The molecule has 12 nitrogen and oxygen atoms in total. The van der Waals surface area contributed by atoms with Crippen LogP contribution in [0.4, 0.5) is 0 Å². The number of ketones is 4. The van der Waals surface area contributed by atoms with E-state index >= 15 is 0 Å². The van der Waals surface area contributed by atoms with E-state index in [4.69, 9.17) is 0 Å². The molecule has 496 valence electrons. The Bertz CT molecular complexity index is 1330. The van der Waals surface area contributed by atoms with Crippen molar-refractivity contribution in [1.29, 1.82) is 0 Å². The molecule has 0 rings (SSSR count). The normalized spacial score (nSPS) is 10.8. The first-order valence-corrected chi connectivity index (χ1v) is 35.3. The molecule has 0 heterocycles. The molecule has 0 atom stereocenters. The van der Waals surface area contributed by atoms with Crippen LogP contribution in [0.1, 0.15) is 389 Å². The van der Waals surface area contributed by atoms with Crippen molar-refractivity contribution in [2.45, 2.75) is 389 Å². The van der Waals surface area contributed by atoms with Gasteiger partial charge in [0.1, 0.15) is 29.6 Å². The minimum absolute atomic E-state index is 0. The van der Waals surface area contributed by atoms with Gasteiger partial charge in [0, 0.05) is 54.9 Å². The molecule has 0 aromatic heterocycles. The zero-order chi connectivity index (χ0) is 63.5. The van der Waals surface area contributed by atoms with Crippen LogP contribution in [0.25, 0.3) is 0 Å². The van der Waals surface area contributed by atoms with Crippen molar-refractivity contribution >= 4 is 64.4 Å². The fraction of sp³-hybridized carbons (Fsp3) is 0.889. The summed E-state index contributed by atoms with van der Waals surface area (Å²) in [4.78, 5) is 89.3. The van der Waals surface area contributed by atoms with Crippen molar-refractivity contribution < 1.29 is 58.4 Å². The van der Waals surface area contributed by atoms with Gasteiger partial charge in [0.05, 0.1) is 6.61 Å². The van der Waals surface area contributed by atoms with Gasteiger partial charge in [0.2, 0.25) is 0 Å². The van der Waals surface area contributed by atoms with Crippen molar-refractivity contribution in [2.75, 3.05) is 6.61 Å². The summed E-state index contributed by atoms with van der Waals surface area (Å²) in [6.07, 6.45) is 55.5. The average Bonchev–Trinajstić information content (AvgIpc) is 3.44. The number of rotatable bonds is 60. The van der Waals surface area contributed by atoms with Crippen molar-refractivity contribution in [3.05, 3.63) is 0 Å². The number of carbonyl (C=O) groups excluding carboxylic acids is 8. The Hall–Kier alpha value is -2.91. The molecule has 0 aromatic rings. The van der Waals surface area contributed by atoms with E-state index in [-0.39, 0.29) is 64.7 Å². The summed E-state index contributed by atoms with van der Waals surface area (Å²) >= 11 is 0. The Morgan fingerprint density at radius 1 is 0.271 bits per heavy atom. The first-order chi connectivity index (χ1) is 40.5. The molecule has 0 aliphatic heterocycles. The molecule has 13 heteroatoms. The van der Waals surface area contributed by atoms with Gasteiger partial charge >= 0.3 is 23.3 Å². The smallest absolute Gasteiger partial charge is 0.550 e. The third-order valence-electron chi connectivity index (χ3n) is 16.0. The number of Topliss-reactive ketones (excluding diaryl/α,β-unsaturated/α-hetero) is 4. The minimum Gasteiger partial charge on any atom is -0.550 e. The molecule has 0 bridgehead atoms. The van der Waals surface area contributed by atoms with Crippen molar-refractivity contribution in [3.8, 4) is 0 Å². The summed E-state index contributed by atoms with van der Waals surface area (Å²) < 4.78 is 4.49. The zero-order valence-electron chi connectivity index (χ0n) is 56.7. The third kappa shape index (κ3) is 75.3. The van der Waals surface area contributed by atoms with E-state index in [0.29, 0.717) is 6.61 Å². The molecular weight excluding hydrogens is 1080 g/mol. The SMILES string of the molecule is CCCCCCCCCC(CCCCCCCCC)C(=O)CC(=O)[O-].CCCCCCCCCC(CCCCCCCCC)C(=O)CC(=O)[O-].CCCCCCCCCC(CCCCCCCCC)C(=O)CC(=O)[O-].CCOC(=O)CC(C)=O.[Al+3]. The van der Waals surface area contributed by atoms with Gasteiger partial charge in [-0.15, -0.1) is 0 Å². The molecule has 0 saturated heterocycles. The molecule has 0 aliphatic carbocycles. The van der Waals surface area contributed by atoms with Crippen LogP contribution >= 0.6 is 0 Å². The Morgan fingerprint density at radius 3 is 0.576 bits per heavy atom. The van der Waals surface area contributed by atoms with Gasteiger partial charge in [0.25, 0.3) is 0 Å². The molecule has 0 saturated carbocycles. The summed E-state index contributed by atoms with van der Waals surface area (Å²) in [6, 6.07) is 0. The van der Waals surface area contributed by atoms with Crippen molar-refractivity contribution in [2.24, 2.45) is 17.8 Å². The maximum atomic E-state index is 12.1. The van der Waals surface area contributed by atoms with Crippen LogP contribution in [0.5, 0.6) is 0 Å². The first kappa shape index (κ1) is 90.8. The Morgan fingerprint density at radius 2 is 0.435 bits per heavy atom. The van der Waals surface area contributed by atoms with Gasteiger partial charge in [0.15, 0.2) is 0 Å². The van der Waals surface area contributed by atoms with E-state index in [0.717, 1.165) is 116 Å². The minimum atomic E-state index is -1.23. The van der Waals surface area contributed by atoms with Gasteiger partial charge in [-0.05, 0) is 52.4 Å². The van der Waals surface area contributed by atoms with Gasteiger partial charge in [-0.1, -0.05) is 311 Å². The van der Waals surface area contributed by atoms with Crippen LogP contribution in [-0.2, 0) is 43.1 Å². The number of carboxylic acids is 3. The number of hydrogen-bond acceptors (Lipinski definition) is 12.